The second kappa shape index (κ2) is 8.17. The van der Waals surface area contributed by atoms with Crippen LogP contribution in [0.4, 0.5) is 19.0 Å². The number of hydrogen-bond acceptors (Lipinski definition) is 5. The maximum Gasteiger partial charge on any atom is 0.416 e. The fourth-order valence-electron chi connectivity index (χ4n) is 3.11. The van der Waals surface area contributed by atoms with Gasteiger partial charge in [0.05, 0.1) is 30.3 Å². The van der Waals surface area contributed by atoms with E-state index in [1.807, 2.05) is 0 Å². The number of hydrogen-bond donors (Lipinski definition) is 2. The molecule has 2 N–H and O–H groups in total. The summed E-state index contributed by atoms with van der Waals surface area (Å²) in [4.78, 5) is 16.8. The quantitative estimate of drug-likeness (QED) is 0.482. The Kier molecular flexibility index (Phi) is 5.39. The third-order valence-corrected chi connectivity index (χ3v) is 4.76. The van der Waals surface area contributed by atoms with Crippen molar-refractivity contribution in [3.8, 4) is 22.7 Å². The lowest BCUT2D eigenvalue weighted by molar-refractivity contribution is -0.137. The van der Waals surface area contributed by atoms with Crippen molar-refractivity contribution in [1.82, 2.24) is 25.0 Å². The highest BCUT2D eigenvalue weighted by Gasteiger charge is 2.31. The van der Waals surface area contributed by atoms with Crippen molar-refractivity contribution in [2.45, 2.75) is 13.1 Å². The lowest BCUT2D eigenvalue weighted by Crippen LogP contribution is -2.15. The largest absolute Gasteiger partial charge is 0.493 e. The van der Waals surface area contributed by atoms with Crippen LogP contribution in [0.5, 0.6) is 5.75 Å². The highest BCUT2D eigenvalue weighted by Crippen LogP contribution is 2.31. The number of amides is 1. The van der Waals surface area contributed by atoms with Gasteiger partial charge < -0.3 is 10.1 Å². The summed E-state index contributed by atoms with van der Waals surface area (Å²) in [5, 5.41) is 13.8. The predicted octanol–water partition coefficient (Wildman–Crippen LogP) is 4.25. The van der Waals surface area contributed by atoms with Crippen molar-refractivity contribution in [3.63, 3.8) is 0 Å². The molecule has 0 saturated heterocycles. The molecule has 0 radical (unpaired) electrons. The number of halogens is 3. The molecule has 3 heterocycles. The van der Waals surface area contributed by atoms with Gasteiger partial charge in [0.2, 0.25) is 0 Å². The molecule has 0 aliphatic heterocycles. The van der Waals surface area contributed by atoms with E-state index < -0.39 is 17.6 Å². The van der Waals surface area contributed by atoms with E-state index in [0.717, 1.165) is 22.4 Å². The Bertz CT molecular complexity index is 1260. The molecule has 0 spiro atoms. The molecule has 0 saturated carbocycles. The first-order chi connectivity index (χ1) is 15.3. The van der Waals surface area contributed by atoms with E-state index >= 15 is 0 Å². The average Bonchev–Trinajstić information content (AvgIpc) is 3.38. The molecule has 1 amide bonds. The van der Waals surface area contributed by atoms with Crippen LogP contribution in [-0.4, -0.2) is 38.0 Å². The molecule has 4 aromatic rings. The minimum atomic E-state index is -4.50. The third-order valence-electron chi connectivity index (χ3n) is 4.76. The van der Waals surface area contributed by atoms with Gasteiger partial charge in [-0.3, -0.25) is 14.9 Å². The zero-order chi connectivity index (χ0) is 22.9. The lowest BCUT2D eigenvalue weighted by Gasteiger charge is -2.08. The first kappa shape index (κ1) is 21.1. The Morgan fingerprint density at radius 3 is 2.62 bits per heavy atom. The SMILES string of the molecule is COc1cn(-c2cccc(C(F)(F)F)c2)nc1C(=O)Nc1n[nH]c(-c2ccncc2)c1C. The topological polar surface area (TPSA) is 97.7 Å². The van der Waals surface area contributed by atoms with Crippen molar-refractivity contribution < 1.29 is 22.7 Å². The molecular formula is C21H17F3N6O2. The highest BCUT2D eigenvalue weighted by atomic mass is 19.4. The fraction of sp³-hybridized carbons (Fsp3) is 0.143. The van der Waals surface area contributed by atoms with Crippen LogP contribution in [-0.2, 0) is 6.18 Å². The van der Waals surface area contributed by atoms with Gasteiger partial charge in [-0.05, 0) is 37.3 Å². The molecule has 1 aromatic carbocycles. The molecule has 0 unspecified atom stereocenters. The Hall–Kier alpha value is -4.15. The number of ether oxygens (including phenoxy) is 1. The summed E-state index contributed by atoms with van der Waals surface area (Å²) in [5.74, 6) is -0.233. The van der Waals surface area contributed by atoms with Gasteiger partial charge in [0, 0.05) is 23.5 Å². The van der Waals surface area contributed by atoms with Crippen LogP contribution in [0.3, 0.4) is 0 Å². The van der Waals surface area contributed by atoms with Crippen molar-refractivity contribution in [1.29, 1.82) is 0 Å². The molecule has 0 bridgehead atoms. The number of methoxy groups -OCH3 is 1. The summed E-state index contributed by atoms with van der Waals surface area (Å²) in [5.41, 5.74) is 1.46. The van der Waals surface area contributed by atoms with Crippen LogP contribution in [0.25, 0.3) is 16.9 Å². The Labute approximate surface area is 180 Å². The minimum Gasteiger partial charge on any atom is -0.493 e. The summed E-state index contributed by atoms with van der Waals surface area (Å²) in [6.07, 6.45) is 0.111. The zero-order valence-corrected chi connectivity index (χ0v) is 16.9. The maximum absolute atomic E-state index is 13.0. The molecule has 3 aromatic heterocycles. The van der Waals surface area contributed by atoms with Crippen LogP contribution >= 0.6 is 0 Å². The number of H-pyrrole nitrogens is 1. The van der Waals surface area contributed by atoms with E-state index in [-0.39, 0.29) is 22.9 Å². The summed E-state index contributed by atoms with van der Waals surface area (Å²) in [7, 11) is 1.34. The highest BCUT2D eigenvalue weighted by molar-refractivity contribution is 6.04. The molecule has 0 aliphatic carbocycles. The van der Waals surface area contributed by atoms with E-state index in [0.29, 0.717) is 11.3 Å². The van der Waals surface area contributed by atoms with Gasteiger partial charge in [-0.15, -0.1) is 0 Å². The van der Waals surface area contributed by atoms with E-state index in [4.69, 9.17) is 4.74 Å². The van der Waals surface area contributed by atoms with E-state index in [2.05, 4.69) is 25.6 Å². The lowest BCUT2D eigenvalue weighted by atomic mass is 10.1. The van der Waals surface area contributed by atoms with Gasteiger partial charge in [0.15, 0.2) is 17.3 Å². The number of nitrogens with zero attached hydrogens (tertiary/aromatic N) is 4. The van der Waals surface area contributed by atoms with Crippen LogP contribution in [0.2, 0.25) is 0 Å². The normalized spacial score (nSPS) is 11.4. The van der Waals surface area contributed by atoms with Gasteiger partial charge in [-0.1, -0.05) is 6.07 Å². The van der Waals surface area contributed by atoms with Crippen molar-refractivity contribution in [2.24, 2.45) is 0 Å². The fourth-order valence-corrected chi connectivity index (χ4v) is 3.11. The van der Waals surface area contributed by atoms with Crippen LogP contribution in [0.15, 0.2) is 55.0 Å². The molecule has 164 valence electrons. The number of carbonyl (C=O) groups excluding carboxylic acids is 1. The first-order valence-corrected chi connectivity index (χ1v) is 9.36. The number of pyridine rings is 1. The third kappa shape index (κ3) is 4.04. The van der Waals surface area contributed by atoms with Crippen LogP contribution in [0.1, 0.15) is 21.6 Å². The van der Waals surface area contributed by atoms with Crippen LogP contribution in [0, 0.1) is 6.92 Å². The number of benzene rings is 1. The first-order valence-electron chi connectivity index (χ1n) is 9.36. The number of anilines is 1. The molecule has 32 heavy (non-hydrogen) atoms. The van der Waals surface area contributed by atoms with Gasteiger partial charge in [0.1, 0.15) is 0 Å². The van der Waals surface area contributed by atoms with Crippen molar-refractivity contribution in [3.05, 3.63) is 71.8 Å². The Morgan fingerprint density at radius 1 is 1.19 bits per heavy atom. The van der Waals surface area contributed by atoms with Crippen LogP contribution < -0.4 is 10.1 Å². The molecule has 8 nitrogen and oxygen atoms in total. The second-order valence-electron chi connectivity index (χ2n) is 6.80. The number of nitrogens with one attached hydrogen (secondary N) is 2. The summed E-state index contributed by atoms with van der Waals surface area (Å²) in [6, 6.07) is 8.20. The van der Waals surface area contributed by atoms with E-state index in [1.165, 1.54) is 25.4 Å². The zero-order valence-electron chi connectivity index (χ0n) is 16.9. The van der Waals surface area contributed by atoms with Crippen molar-refractivity contribution >= 4 is 11.7 Å². The Balaban J connectivity index is 1.62. The molecule has 4 rings (SSSR count). The van der Waals surface area contributed by atoms with Gasteiger partial charge in [-0.2, -0.15) is 23.4 Å². The van der Waals surface area contributed by atoms with Crippen molar-refractivity contribution in [2.75, 3.05) is 12.4 Å². The van der Waals surface area contributed by atoms with Gasteiger partial charge >= 0.3 is 6.18 Å². The van der Waals surface area contributed by atoms with Gasteiger partial charge in [0.25, 0.3) is 5.91 Å². The maximum atomic E-state index is 13.0. The number of alkyl halides is 3. The number of aromatic nitrogens is 5. The van der Waals surface area contributed by atoms with E-state index in [9.17, 15) is 18.0 Å². The average molecular weight is 442 g/mol. The summed E-state index contributed by atoms with van der Waals surface area (Å²) >= 11 is 0. The Morgan fingerprint density at radius 2 is 1.94 bits per heavy atom. The standard InChI is InChI=1S/C21H17F3N6O2/c1-12-17(13-6-8-25-9-7-13)27-28-19(12)26-20(31)18-16(32-2)11-30(29-18)15-5-3-4-14(10-15)21(22,23)24/h3-11H,1-2H3,(H2,26,27,28,31). The predicted molar refractivity (Wildman–Crippen MR) is 110 cm³/mol. The smallest absolute Gasteiger partial charge is 0.416 e. The van der Waals surface area contributed by atoms with Gasteiger partial charge in [-0.25, -0.2) is 4.68 Å². The summed E-state index contributed by atoms with van der Waals surface area (Å²) < 4.78 is 45.5. The summed E-state index contributed by atoms with van der Waals surface area (Å²) in [6.45, 7) is 1.79. The second-order valence-corrected chi connectivity index (χ2v) is 6.80. The molecule has 0 aliphatic rings. The molecule has 0 fully saturated rings. The number of aromatic amines is 1. The molecule has 0 atom stereocenters. The minimum absolute atomic E-state index is 0.0993. The molecule has 11 heteroatoms. The van der Waals surface area contributed by atoms with E-state index in [1.54, 1.807) is 31.5 Å². The molecular weight excluding hydrogens is 425 g/mol. The number of carbonyl (C=O) groups is 1. The number of rotatable bonds is 5. The monoisotopic (exact) mass is 442 g/mol.